The predicted molar refractivity (Wildman–Crippen MR) is 87.9 cm³/mol. The number of halogens is 2. The van der Waals surface area contributed by atoms with Crippen LogP contribution in [0.1, 0.15) is 27.0 Å². The van der Waals surface area contributed by atoms with Crippen molar-refractivity contribution in [2.24, 2.45) is 0 Å². The minimum absolute atomic E-state index is 0.0684. The van der Waals surface area contributed by atoms with Gasteiger partial charge in [0.05, 0.1) is 33.9 Å². The van der Waals surface area contributed by atoms with Gasteiger partial charge in [0.2, 0.25) is 0 Å². The third-order valence-electron chi connectivity index (χ3n) is 3.60. The molecule has 0 aliphatic heterocycles. The van der Waals surface area contributed by atoms with Gasteiger partial charge in [-0.05, 0) is 41.5 Å². The summed E-state index contributed by atoms with van der Waals surface area (Å²) < 4.78 is 4.64. The second-order valence-corrected chi connectivity index (χ2v) is 5.75. The summed E-state index contributed by atoms with van der Waals surface area (Å²) in [6, 6.07) is 7.59. The van der Waals surface area contributed by atoms with E-state index in [1.54, 1.807) is 24.3 Å². The Hall–Kier alpha value is -2.30. The van der Waals surface area contributed by atoms with Crippen molar-refractivity contribution in [3.63, 3.8) is 0 Å². The zero-order valence-corrected chi connectivity index (χ0v) is 13.4. The van der Waals surface area contributed by atoms with E-state index in [2.05, 4.69) is 4.74 Å². The number of carbonyl (C=O) groups excluding carboxylic acids is 2. The first-order valence-electron chi connectivity index (χ1n) is 6.60. The third kappa shape index (κ3) is 2.50. The van der Waals surface area contributed by atoms with Gasteiger partial charge in [-0.1, -0.05) is 29.3 Å². The smallest absolute Gasteiger partial charge is 0.338 e. The van der Waals surface area contributed by atoms with E-state index < -0.39 is 11.8 Å². The fraction of sp³-hybridized carbons (Fsp3) is 0.0588. The molecule has 3 rings (SSSR count). The van der Waals surface area contributed by atoms with Gasteiger partial charge in [0.1, 0.15) is 5.75 Å². The Balaban J connectivity index is 2.04. The quantitative estimate of drug-likeness (QED) is 0.673. The molecule has 0 atom stereocenters. The van der Waals surface area contributed by atoms with E-state index in [9.17, 15) is 14.7 Å². The van der Waals surface area contributed by atoms with Crippen molar-refractivity contribution in [1.29, 1.82) is 0 Å². The summed E-state index contributed by atoms with van der Waals surface area (Å²) in [7, 11) is 1.28. The number of hydrogen-bond acceptors (Lipinski definition) is 4. The molecule has 1 aliphatic rings. The summed E-state index contributed by atoms with van der Waals surface area (Å²) in [5.74, 6) is -1.23. The molecular formula is C17H10Cl2O4. The topological polar surface area (TPSA) is 63.6 Å². The number of methoxy groups -OCH3 is 1. The lowest BCUT2D eigenvalue weighted by Gasteiger charge is -2.20. The molecule has 1 aliphatic carbocycles. The van der Waals surface area contributed by atoms with Crippen LogP contribution < -0.4 is 0 Å². The lowest BCUT2D eigenvalue weighted by atomic mass is 9.85. The minimum atomic E-state index is -0.495. The number of fused-ring (bicyclic) bond motifs is 1. The maximum atomic E-state index is 12.6. The molecular weight excluding hydrogens is 339 g/mol. The maximum Gasteiger partial charge on any atom is 0.338 e. The zero-order chi connectivity index (χ0) is 16.7. The number of aromatic hydroxyl groups is 1. The van der Waals surface area contributed by atoms with Gasteiger partial charge in [0.15, 0.2) is 5.78 Å². The van der Waals surface area contributed by atoms with E-state index in [1.165, 1.54) is 19.2 Å². The second kappa shape index (κ2) is 5.72. The molecule has 0 radical (unpaired) electrons. The Morgan fingerprint density at radius 1 is 1.13 bits per heavy atom. The highest BCUT2D eigenvalue weighted by molar-refractivity contribution is 6.41. The first kappa shape index (κ1) is 15.6. The van der Waals surface area contributed by atoms with E-state index in [1.807, 2.05) is 0 Å². The highest BCUT2D eigenvalue weighted by Gasteiger charge is 2.28. The number of phenolic OH excluding ortho intramolecular Hbond substituents is 1. The van der Waals surface area contributed by atoms with E-state index in [0.29, 0.717) is 16.7 Å². The molecule has 0 heterocycles. The number of ketones is 1. The fourth-order valence-electron chi connectivity index (χ4n) is 2.42. The van der Waals surface area contributed by atoms with Gasteiger partial charge in [0.25, 0.3) is 0 Å². The first-order valence-corrected chi connectivity index (χ1v) is 7.35. The number of rotatable bonds is 3. The molecule has 2 aromatic rings. The van der Waals surface area contributed by atoms with Crippen molar-refractivity contribution in [1.82, 2.24) is 0 Å². The fourth-order valence-corrected chi connectivity index (χ4v) is 2.99. The molecule has 4 nitrogen and oxygen atoms in total. The summed E-state index contributed by atoms with van der Waals surface area (Å²) in [6.45, 7) is 0. The van der Waals surface area contributed by atoms with Crippen LogP contribution in [-0.2, 0) is 9.53 Å². The number of benzene rings is 2. The van der Waals surface area contributed by atoms with Crippen LogP contribution in [0.5, 0.6) is 5.75 Å². The largest absolute Gasteiger partial charge is 0.507 e. The van der Waals surface area contributed by atoms with Crippen LogP contribution in [0.15, 0.2) is 30.3 Å². The SMILES string of the molecule is COC(=O)C1=Cc2cc(C(=O)c3c(Cl)cccc3Cl)c(O)cc21. The molecule has 23 heavy (non-hydrogen) atoms. The zero-order valence-electron chi connectivity index (χ0n) is 11.9. The first-order chi connectivity index (χ1) is 10.9. The lowest BCUT2D eigenvalue weighted by Crippen LogP contribution is -2.13. The Labute approximate surface area is 141 Å². The monoisotopic (exact) mass is 348 g/mol. The van der Waals surface area contributed by atoms with E-state index in [4.69, 9.17) is 23.2 Å². The predicted octanol–water partition coefficient (Wildman–Crippen LogP) is 3.96. The molecule has 0 unspecified atom stereocenters. The standard InChI is InChI=1S/C17H10Cl2O4/c1-23-17(22)10-5-8-6-11(14(20)7-9(8)10)16(21)15-12(18)3-2-4-13(15)19/h2-7,20H,1H3. The Morgan fingerprint density at radius 3 is 2.39 bits per heavy atom. The molecule has 6 heteroatoms. The van der Waals surface area contributed by atoms with Crippen LogP contribution in [0, 0.1) is 0 Å². The molecule has 0 aromatic heterocycles. The lowest BCUT2D eigenvalue weighted by molar-refractivity contribution is -0.133. The maximum absolute atomic E-state index is 12.6. The molecule has 0 saturated heterocycles. The number of hydrogen-bond donors (Lipinski definition) is 1. The molecule has 1 N–H and O–H groups in total. The number of esters is 1. The van der Waals surface area contributed by atoms with Crippen LogP contribution in [0.25, 0.3) is 11.6 Å². The van der Waals surface area contributed by atoms with Crippen molar-refractivity contribution in [3.8, 4) is 5.75 Å². The highest BCUT2D eigenvalue weighted by Crippen LogP contribution is 2.39. The Morgan fingerprint density at radius 2 is 1.78 bits per heavy atom. The number of phenols is 1. The van der Waals surface area contributed by atoms with Crippen molar-refractivity contribution in [3.05, 3.63) is 62.6 Å². The van der Waals surface area contributed by atoms with Gasteiger partial charge in [-0.25, -0.2) is 4.79 Å². The van der Waals surface area contributed by atoms with E-state index >= 15 is 0 Å². The van der Waals surface area contributed by atoms with Crippen LogP contribution >= 0.6 is 23.2 Å². The third-order valence-corrected chi connectivity index (χ3v) is 4.23. The van der Waals surface area contributed by atoms with E-state index in [0.717, 1.165) is 0 Å². The van der Waals surface area contributed by atoms with Gasteiger partial charge in [0, 0.05) is 0 Å². The molecule has 0 fully saturated rings. The average molecular weight is 349 g/mol. The van der Waals surface area contributed by atoms with Crippen molar-refractivity contribution >= 4 is 46.6 Å². The molecule has 116 valence electrons. The van der Waals surface area contributed by atoms with Crippen LogP contribution in [0.2, 0.25) is 10.0 Å². The molecule has 0 amide bonds. The number of carbonyl (C=O) groups is 2. The molecule has 2 aromatic carbocycles. The molecule has 0 spiro atoms. The second-order valence-electron chi connectivity index (χ2n) is 4.93. The van der Waals surface area contributed by atoms with Crippen molar-refractivity contribution < 1.29 is 19.4 Å². The van der Waals surface area contributed by atoms with Crippen molar-refractivity contribution in [2.45, 2.75) is 0 Å². The summed E-state index contributed by atoms with van der Waals surface area (Å²) in [4.78, 5) is 24.2. The highest BCUT2D eigenvalue weighted by atomic mass is 35.5. The van der Waals surface area contributed by atoms with Gasteiger partial charge >= 0.3 is 5.97 Å². The Kier molecular flexibility index (Phi) is 3.88. The van der Waals surface area contributed by atoms with Gasteiger partial charge in [-0.15, -0.1) is 0 Å². The van der Waals surface area contributed by atoms with E-state index in [-0.39, 0.29) is 26.9 Å². The summed E-state index contributed by atoms with van der Waals surface area (Å²) in [6.07, 6.45) is 1.59. The summed E-state index contributed by atoms with van der Waals surface area (Å²) in [5, 5.41) is 10.6. The molecule has 0 saturated carbocycles. The van der Waals surface area contributed by atoms with Crippen molar-refractivity contribution in [2.75, 3.05) is 7.11 Å². The molecule has 0 bridgehead atoms. The summed E-state index contributed by atoms with van der Waals surface area (Å²) >= 11 is 12.1. The van der Waals surface area contributed by atoms with Crippen LogP contribution in [0.4, 0.5) is 0 Å². The summed E-state index contributed by atoms with van der Waals surface area (Å²) in [5.41, 5.74) is 1.75. The van der Waals surface area contributed by atoms with Crippen LogP contribution in [-0.4, -0.2) is 24.0 Å². The Bertz CT molecular complexity index is 864. The number of ether oxygens (including phenoxy) is 1. The minimum Gasteiger partial charge on any atom is -0.507 e. The van der Waals surface area contributed by atoms with Gasteiger partial charge in [-0.3, -0.25) is 4.79 Å². The van der Waals surface area contributed by atoms with Crippen LogP contribution in [0.3, 0.4) is 0 Å². The van der Waals surface area contributed by atoms with Gasteiger partial charge < -0.3 is 9.84 Å². The average Bonchev–Trinajstić information content (AvgIpc) is 2.50. The normalized spacial score (nSPS) is 12.0. The van der Waals surface area contributed by atoms with Gasteiger partial charge in [-0.2, -0.15) is 0 Å².